The van der Waals surface area contributed by atoms with E-state index in [0.717, 1.165) is 25.9 Å². The van der Waals surface area contributed by atoms with Gasteiger partial charge in [-0.05, 0) is 32.0 Å². The summed E-state index contributed by atoms with van der Waals surface area (Å²) in [5, 5.41) is 0. The monoisotopic (exact) mass is 271 g/mol. The number of halogens is 1. The third-order valence-electron chi connectivity index (χ3n) is 2.87. The fourth-order valence-electron chi connectivity index (χ4n) is 1.85. The molecule has 4 nitrogen and oxygen atoms in total. The van der Waals surface area contributed by atoms with Crippen LogP contribution < -0.4 is 4.74 Å². The predicted octanol–water partition coefficient (Wildman–Crippen LogP) is 2.72. The highest BCUT2D eigenvalue weighted by Gasteiger charge is 2.21. The topological polar surface area (TPSA) is 38.8 Å². The minimum atomic E-state index is -0.606. The Morgan fingerprint density at radius 2 is 1.83 bits per heavy atom. The largest absolute Gasteiger partial charge is 0.514 e. The van der Waals surface area contributed by atoms with Gasteiger partial charge in [0.1, 0.15) is 11.9 Å². The van der Waals surface area contributed by atoms with Gasteiger partial charge in [-0.3, -0.25) is 0 Å². The van der Waals surface area contributed by atoms with Gasteiger partial charge < -0.3 is 14.4 Å². The van der Waals surface area contributed by atoms with Crippen LogP contribution in [0.2, 0.25) is 0 Å². The molecule has 0 aliphatic carbocycles. The lowest BCUT2D eigenvalue weighted by atomic mass is 10.1. The van der Waals surface area contributed by atoms with Gasteiger partial charge in [0, 0.05) is 13.1 Å². The van der Waals surface area contributed by atoms with Crippen molar-refractivity contribution in [2.24, 2.45) is 0 Å². The summed E-state index contributed by atoms with van der Waals surface area (Å²) >= 11 is 0. The van der Waals surface area contributed by atoms with Crippen LogP contribution in [-0.2, 0) is 4.74 Å². The number of para-hydroxylation sites is 1. The number of hydrogen-bond donors (Lipinski definition) is 0. The molecule has 18 heavy (non-hydrogen) atoms. The Kier molecular flexibility index (Phi) is 5.95. The van der Waals surface area contributed by atoms with Crippen LogP contribution >= 0.6 is 12.4 Å². The lowest BCUT2D eigenvalue weighted by Gasteiger charge is -2.28. The quantitative estimate of drug-likeness (QED) is 0.612. The van der Waals surface area contributed by atoms with Crippen LogP contribution in [0, 0.1) is 0 Å². The Hall–Kier alpha value is -1.26. The molecule has 0 radical (unpaired) electrons. The molecule has 1 fully saturated rings. The molecule has 1 aromatic rings. The van der Waals surface area contributed by atoms with E-state index in [1.807, 2.05) is 18.2 Å². The second kappa shape index (κ2) is 7.24. The van der Waals surface area contributed by atoms with Gasteiger partial charge in [0.25, 0.3) is 0 Å². The van der Waals surface area contributed by atoms with E-state index in [2.05, 4.69) is 11.9 Å². The Morgan fingerprint density at radius 3 is 2.44 bits per heavy atom. The number of carbonyl (C=O) groups is 1. The van der Waals surface area contributed by atoms with Crippen molar-refractivity contribution in [3.63, 3.8) is 0 Å². The van der Waals surface area contributed by atoms with E-state index in [1.54, 1.807) is 12.1 Å². The minimum Gasteiger partial charge on any atom is -0.431 e. The van der Waals surface area contributed by atoms with Gasteiger partial charge in [-0.25, -0.2) is 4.79 Å². The molecule has 0 saturated carbocycles. The molecule has 0 bridgehead atoms. The number of nitrogens with zero attached hydrogens (tertiary/aromatic N) is 1. The van der Waals surface area contributed by atoms with Crippen LogP contribution in [0.1, 0.15) is 12.8 Å². The predicted molar refractivity (Wildman–Crippen MR) is 71.3 cm³/mol. The molecule has 0 unspecified atom stereocenters. The van der Waals surface area contributed by atoms with E-state index in [1.165, 1.54) is 0 Å². The van der Waals surface area contributed by atoms with Crippen molar-refractivity contribution in [1.29, 1.82) is 0 Å². The molecule has 0 spiro atoms. The number of benzene rings is 1. The summed E-state index contributed by atoms with van der Waals surface area (Å²) in [4.78, 5) is 13.7. The van der Waals surface area contributed by atoms with Crippen molar-refractivity contribution in [2.45, 2.75) is 18.9 Å². The van der Waals surface area contributed by atoms with E-state index in [9.17, 15) is 4.79 Å². The van der Waals surface area contributed by atoms with Crippen molar-refractivity contribution >= 4 is 18.6 Å². The zero-order valence-corrected chi connectivity index (χ0v) is 11.2. The molecule has 1 heterocycles. The molecular formula is C13H18ClNO3. The number of rotatable bonds is 2. The summed E-state index contributed by atoms with van der Waals surface area (Å²) in [5.41, 5.74) is 0. The van der Waals surface area contributed by atoms with E-state index in [-0.39, 0.29) is 18.5 Å². The maximum atomic E-state index is 11.5. The Labute approximate surface area is 113 Å². The van der Waals surface area contributed by atoms with Crippen LogP contribution in [0.4, 0.5) is 4.79 Å². The highest BCUT2D eigenvalue weighted by atomic mass is 35.5. The van der Waals surface area contributed by atoms with Gasteiger partial charge in [0.2, 0.25) is 0 Å². The van der Waals surface area contributed by atoms with Crippen molar-refractivity contribution in [2.75, 3.05) is 20.1 Å². The van der Waals surface area contributed by atoms with Gasteiger partial charge in [-0.2, -0.15) is 0 Å². The van der Waals surface area contributed by atoms with Gasteiger partial charge in [-0.1, -0.05) is 18.2 Å². The molecule has 1 aromatic carbocycles. The highest BCUT2D eigenvalue weighted by Crippen LogP contribution is 2.15. The normalized spacial score (nSPS) is 16.7. The van der Waals surface area contributed by atoms with E-state index in [0.29, 0.717) is 5.75 Å². The third-order valence-corrected chi connectivity index (χ3v) is 2.87. The van der Waals surface area contributed by atoms with Crippen LogP contribution in [-0.4, -0.2) is 37.3 Å². The Morgan fingerprint density at radius 1 is 1.22 bits per heavy atom. The molecule has 100 valence electrons. The maximum absolute atomic E-state index is 11.5. The summed E-state index contributed by atoms with van der Waals surface area (Å²) in [7, 11) is 2.07. The number of carbonyl (C=O) groups excluding carboxylic acids is 1. The molecule has 1 aliphatic heterocycles. The molecule has 5 heteroatoms. The molecule has 1 saturated heterocycles. The first-order valence-electron chi connectivity index (χ1n) is 5.86. The standard InChI is InChI=1S/C13H17NO3.ClH/c1-14-9-7-12(8-10-14)17-13(15)16-11-5-3-2-4-6-11;/h2-6,12H,7-10H2,1H3;1H. The number of likely N-dealkylation sites (tertiary alicyclic amines) is 1. The van der Waals surface area contributed by atoms with Crippen LogP contribution in [0.3, 0.4) is 0 Å². The first-order chi connectivity index (χ1) is 8.24. The lowest BCUT2D eigenvalue weighted by molar-refractivity contribution is 0.0291. The summed E-state index contributed by atoms with van der Waals surface area (Å²) in [6.45, 7) is 1.92. The zero-order valence-electron chi connectivity index (χ0n) is 10.4. The summed E-state index contributed by atoms with van der Waals surface area (Å²) in [5.74, 6) is 0.519. The Bertz CT molecular complexity index is 364. The van der Waals surface area contributed by atoms with Crippen LogP contribution in [0.15, 0.2) is 30.3 Å². The molecular weight excluding hydrogens is 254 g/mol. The van der Waals surface area contributed by atoms with Gasteiger partial charge in [0.15, 0.2) is 0 Å². The summed E-state index contributed by atoms with van der Waals surface area (Å²) < 4.78 is 10.3. The fourth-order valence-corrected chi connectivity index (χ4v) is 1.85. The van der Waals surface area contributed by atoms with Crippen molar-refractivity contribution in [1.82, 2.24) is 4.90 Å². The molecule has 0 amide bonds. The average Bonchev–Trinajstić information content (AvgIpc) is 2.33. The molecule has 0 N–H and O–H groups in total. The second-order valence-electron chi connectivity index (χ2n) is 4.29. The first kappa shape index (κ1) is 14.8. The molecule has 1 aliphatic rings. The fraction of sp³-hybridized carbons (Fsp3) is 0.462. The van der Waals surface area contributed by atoms with E-state index >= 15 is 0 Å². The number of piperidine rings is 1. The second-order valence-corrected chi connectivity index (χ2v) is 4.29. The molecule has 0 atom stereocenters. The van der Waals surface area contributed by atoms with Gasteiger partial charge in [-0.15, -0.1) is 12.4 Å². The first-order valence-corrected chi connectivity index (χ1v) is 5.86. The highest BCUT2D eigenvalue weighted by molar-refractivity contribution is 5.85. The van der Waals surface area contributed by atoms with Gasteiger partial charge >= 0.3 is 6.16 Å². The Balaban J connectivity index is 0.00000162. The van der Waals surface area contributed by atoms with E-state index in [4.69, 9.17) is 9.47 Å². The summed E-state index contributed by atoms with van der Waals surface area (Å²) in [6.07, 6.45) is 1.13. The third kappa shape index (κ3) is 4.55. The maximum Gasteiger partial charge on any atom is 0.514 e. The van der Waals surface area contributed by atoms with Gasteiger partial charge in [0.05, 0.1) is 0 Å². The van der Waals surface area contributed by atoms with E-state index < -0.39 is 6.16 Å². The number of ether oxygens (including phenoxy) is 2. The van der Waals surface area contributed by atoms with Crippen molar-refractivity contribution in [3.8, 4) is 5.75 Å². The molecule has 2 rings (SSSR count). The smallest absolute Gasteiger partial charge is 0.431 e. The minimum absolute atomic E-state index is 0. The SMILES string of the molecule is CN1CCC(OC(=O)Oc2ccccc2)CC1.Cl. The number of hydrogen-bond acceptors (Lipinski definition) is 4. The average molecular weight is 272 g/mol. The van der Waals surface area contributed by atoms with Crippen molar-refractivity contribution in [3.05, 3.63) is 30.3 Å². The van der Waals surface area contributed by atoms with Crippen LogP contribution in [0.5, 0.6) is 5.75 Å². The zero-order chi connectivity index (χ0) is 12.1. The summed E-state index contributed by atoms with van der Waals surface area (Å²) in [6, 6.07) is 8.97. The van der Waals surface area contributed by atoms with Crippen molar-refractivity contribution < 1.29 is 14.3 Å². The lowest BCUT2D eigenvalue weighted by Crippen LogP contribution is -2.35. The molecule has 0 aromatic heterocycles. The van der Waals surface area contributed by atoms with Crippen LogP contribution in [0.25, 0.3) is 0 Å².